The summed E-state index contributed by atoms with van der Waals surface area (Å²) in [5, 5.41) is 0. The van der Waals surface area contributed by atoms with Crippen LogP contribution in [0.25, 0.3) is 11.3 Å². The van der Waals surface area contributed by atoms with Gasteiger partial charge in [-0.3, -0.25) is 0 Å². The topological polar surface area (TPSA) is 12.9 Å². The largest absolute Gasteiger partial charge is 0.358 e. The molecule has 1 aromatic carbocycles. The molecule has 0 saturated heterocycles. The Kier molecular flexibility index (Phi) is 6.71. The molecule has 3 rings (SSSR count). The van der Waals surface area contributed by atoms with E-state index in [-0.39, 0.29) is 43.8 Å². The Morgan fingerprint density at radius 3 is 2.04 bits per heavy atom. The molecule has 1 heterocycles. The molecular weight excluding hydrogens is 494 g/mol. The van der Waals surface area contributed by atoms with E-state index in [1.165, 1.54) is 29.5 Å². The maximum absolute atomic E-state index is 4.72. The molecule has 2 aromatic rings. The third-order valence-electron chi connectivity index (χ3n) is 5.69. The fourth-order valence-electron chi connectivity index (χ4n) is 3.65. The second-order valence-corrected chi connectivity index (χ2v) is 9.62. The predicted octanol–water partition coefficient (Wildman–Crippen LogP) is 6.64. The van der Waals surface area contributed by atoms with Crippen LogP contribution in [0.3, 0.4) is 0 Å². The van der Waals surface area contributed by atoms with Crippen molar-refractivity contribution in [1.82, 2.24) is 4.98 Å². The van der Waals surface area contributed by atoms with E-state index in [1.807, 2.05) is 6.20 Å². The fourth-order valence-corrected chi connectivity index (χ4v) is 3.65. The first kappa shape index (κ1) is 23.1. The van der Waals surface area contributed by atoms with Gasteiger partial charge in [0, 0.05) is 26.3 Å². The van der Waals surface area contributed by atoms with E-state index >= 15 is 0 Å². The van der Waals surface area contributed by atoms with Crippen molar-refractivity contribution >= 4 is 0 Å². The van der Waals surface area contributed by atoms with Crippen LogP contribution in [0, 0.1) is 13.5 Å². The maximum Gasteiger partial charge on any atom is 0.0198 e. The molecule has 0 spiro atoms. The van der Waals surface area contributed by atoms with Gasteiger partial charge in [-0.05, 0) is 33.9 Å². The standard InChI is InChI=1S/C23H30N.CH3.Ir/c1-21(2,3)17-9-11-20(24-15-17)16-8-10-18-19(14-16)23(6,7)13-12-22(18,4)5;;/h9-11,14-15H,12-13H2,1-7H3;1H3;/q2*-1;. The first-order chi connectivity index (χ1) is 11.0. The van der Waals surface area contributed by atoms with E-state index in [4.69, 9.17) is 4.98 Å². The summed E-state index contributed by atoms with van der Waals surface area (Å²) in [5.74, 6) is 0. The molecule has 0 N–H and O–H groups in total. The van der Waals surface area contributed by atoms with Crippen LogP contribution in [-0.4, -0.2) is 4.98 Å². The van der Waals surface area contributed by atoms with Gasteiger partial charge < -0.3 is 12.4 Å². The van der Waals surface area contributed by atoms with Gasteiger partial charge in [0.05, 0.1) is 0 Å². The summed E-state index contributed by atoms with van der Waals surface area (Å²) in [4.78, 5) is 4.72. The Bertz CT molecular complexity index is 749. The van der Waals surface area contributed by atoms with Crippen molar-refractivity contribution in [3.8, 4) is 11.3 Å². The van der Waals surface area contributed by atoms with E-state index in [0.29, 0.717) is 0 Å². The van der Waals surface area contributed by atoms with Crippen LogP contribution in [-0.2, 0) is 36.4 Å². The van der Waals surface area contributed by atoms with E-state index < -0.39 is 0 Å². The Hall–Kier alpha value is -0.981. The predicted molar refractivity (Wildman–Crippen MR) is 109 cm³/mol. The summed E-state index contributed by atoms with van der Waals surface area (Å²) in [6, 6.07) is 12.4. The smallest absolute Gasteiger partial charge is 0.0198 e. The molecule has 1 radical (unpaired) electrons. The second-order valence-electron chi connectivity index (χ2n) is 9.62. The number of nitrogens with zero attached hydrogens (tertiary/aromatic N) is 1. The summed E-state index contributed by atoms with van der Waals surface area (Å²) >= 11 is 0. The molecule has 0 saturated carbocycles. The molecule has 0 amide bonds. The van der Waals surface area contributed by atoms with Gasteiger partial charge in [-0.15, -0.1) is 34.9 Å². The van der Waals surface area contributed by atoms with Gasteiger partial charge in [0.25, 0.3) is 0 Å². The molecule has 2 heteroatoms. The molecule has 0 bridgehead atoms. The van der Waals surface area contributed by atoms with E-state index in [0.717, 1.165) is 11.3 Å². The number of pyridine rings is 1. The van der Waals surface area contributed by atoms with Crippen molar-refractivity contribution in [3.05, 3.63) is 60.6 Å². The van der Waals surface area contributed by atoms with Gasteiger partial charge in [-0.25, -0.2) is 0 Å². The zero-order valence-electron chi connectivity index (χ0n) is 17.6. The number of hydrogen-bond donors (Lipinski definition) is 0. The number of benzene rings is 1. The van der Waals surface area contributed by atoms with Crippen LogP contribution in [0.4, 0.5) is 0 Å². The first-order valence-electron chi connectivity index (χ1n) is 9.04. The molecule has 1 aliphatic rings. The summed E-state index contributed by atoms with van der Waals surface area (Å²) in [6.07, 6.45) is 4.48. The zero-order chi connectivity index (χ0) is 17.8. The van der Waals surface area contributed by atoms with Crippen molar-refractivity contribution in [2.45, 2.75) is 77.6 Å². The Balaban J connectivity index is 0.00000169. The molecule has 0 fully saturated rings. The van der Waals surface area contributed by atoms with Crippen LogP contribution in [0.15, 0.2) is 30.5 Å². The monoisotopic (exact) mass is 528 g/mol. The fraction of sp³-hybridized carbons (Fsp3) is 0.500. The molecular formula is C24H33IrN-2. The van der Waals surface area contributed by atoms with Crippen molar-refractivity contribution in [3.63, 3.8) is 0 Å². The molecule has 0 atom stereocenters. The quantitative estimate of drug-likeness (QED) is 0.379. The molecule has 0 unspecified atom stereocenters. The molecule has 1 nitrogen and oxygen atoms in total. The molecule has 1 aromatic heterocycles. The average Bonchev–Trinajstić information content (AvgIpc) is 2.51. The van der Waals surface area contributed by atoms with E-state index in [9.17, 15) is 0 Å². The van der Waals surface area contributed by atoms with Crippen LogP contribution in [0.1, 0.15) is 78.0 Å². The Morgan fingerprint density at radius 2 is 1.54 bits per heavy atom. The number of rotatable bonds is 1. The van der Waals surface area contributed by atoms with Crippen molar-refractivity contribution in [2.24, 2.45) is 0 Å². The van der Waals surface area contributed by atoms with Crippen LogP contribution >= 0.6 is 0 Å². The van der Waals surface area contributed by atoms with Gasteiger partial charge in [0.15, 0.2) is 0 Å². The average molecular weight is 528 g/mol. The molecule has 0 aliphatic heterocycles. The second kappa shape index (κ2) is 7.56. The maximum atomic E-state index is 4.72. The minimum absolute atomic E-state index is 0. The zero-order valence-corrected chi connectivity index (χ0v) is 20.0. The summed E-state index contributed by atoms with van der Waals surface area (Å²) in [5.41, 5.74) is 6.92. The summed E-state index contributed by atoms with van der Waals surface area (Å²) in [7, 11) is 0. The Labute approximate surface area is 174 Å². The van der Waals surface area contributed by atoms with Gasteiger partial charge >= 0.3 is 0 Å². The van der Waals surface area contributed by atoms with Gasteiger partial charge in [0.2, 0.25) is 0 Å². The number of aromatic nitrogens is 1. The molecule has 145 valence electrons. The third-order valence-corrected chi connectivity index (χ3v) is 5.69. The SMILES string of the molecule is CC(C)(C)c1ccc(-c2[c-]cc3c(c2)C(C)(C)CCC3(C)C)nc1.[CH3-].[Ir]. The minimum Gasteiger partial charge on any atom is -0.358 e. The number of fused-ring (bicyclic) bond motifs is 1. The third kappa shape index (κ3) is 4.29. The van der Waals surface area contributed by atoms with Gasteiger partial charge in [-0.1, -0.05) is 67.0 Å². The van der Waals surface area contributed by atoms with E-state index in [2.05, 4.69) is 78.8 Å². The van der Waals surface area contributed by atoms with Crippen molar-refractivity contribution in [2.75, 3.05) is 0 Å². The Morgan fingerprint density at radius 1 is 0.962 bits per heavy atom. The summed E-state index contributed by atoms with van der Waals surface area (Å²) < 4.78 is 0. The van der Waals surface area contributed by atoms with Crippen molar-refractivity contribution < 1.29 is 20.1 Å². The van der Waals surface area contributed by atoms with Crippen LogP contribution in [0.5, 0.6) is 0 Å². The number of hydrogen-bond acceptors (Lipinski definition) is 1. The van der Waals surface area contributed by atoms with Crippen LogP contribution in [0.2, 0.25) is 0 Å². The van der Waals surface area contributed by atoms with Crippen molar-refractivity contribution in [1.29, 1.82) is 0 Å². The molecule has 26 heavy (non-hydrogen) atoms. The molecule has 1 aliphatic carbocycles. The van der Waals surface area contributed by atoms with E-state index in [1.54, 1.807) is 0 Å². The normalized spacial score (nSPS) is 17.5. The van der Waals surface area contributed by atoms with Crippen LogP contribution < -0.4 is 0 Å². The first-order valence-corrected chi connectivity index (χ1v) is 9.04. The van der Waals surface area contributed by atoms with Gasteiger partial charge in [-0.2, -0.15) is 0 Å². The van der Waals surface area contributed by atoms with Gasteiger partial charge in [0.1, 0.15) is 0 Å². The summed E-state index contributed by atoms with van der Waals surface area (Å²) in [6.45, 7) is 16.1. The minimum atomic E-state index is 0.